The zero-order valence-corrected chi connectivity index (χ0v) is 17.9. The molecule has 0 aliphatic heterocycles. The number of methoxy groups -OCH3 is 1. The molecule has 0 bridgehead atoms. The first-order chi connectivity index (χ1) is 14.9. The van der Waals surface area contributed by atoms with Crippen molar-refractivity contribution in [3.8, 4) is 23.2 Å². The number of nitrogens with two attached hydrogens (primary N) is 1. The number of ether oxygens (including phenoxy) is 1. The number of fused-ring (bicyclic) bond motifs is 1. The van der Waals surface area contributed by atoms with Crippen LogP contribution in [0.25, 0.3) is 22.2 Å². The molecule has 0 spiro atoms. The van der Waals surface area contributed by atoms with Crippen LogP contribution in [0, 0.1) is 11.3 Å². The van der Waals surface area contributed by atoms with Crippen LogP contribution in [0.1, 0.15) is 30.5 Å². The van der Waals surface area contributed by atoms with E-state index in [1.807, 2.05) is 56.3 Å². The van der Waals surface area contributed by atoms with Crippen molar-refractivity contribution in [2.45, 2.75) is 25.7 Å². The van der Waals surface area contributed by atoms with Crippen molar-refractivity contribution < 1.29 is 4.74 Å². The molecular formula is C26H24N4O. The Labute approximate surface area is 182 Å². The van der Waals surface area contributed by atoms with E-state index in [-0.39, 0.29) is 0 Å². The van der Waals surface area contributed by atoms with Crippen LogP contribution in [-0.2, 0) is 11.8 Å². The quantitative estimate of drug-likeness (QED) is 0.486. The highest BCUT2D eigenvalue weighted by Gasteiger charge is 2.19. The Hall–Kier alpha value is -3.91. The number of hydrogen-bond donors (Lipinski definition) is 1. The van der Waals surface area contributed by atoms with E-state index in [2.05, 4.69) is 34.2 Å². The zero-order chi connectivity index (χ0) is 22.0. The number of nitrogen functional groups attached to an aromatic ring is 1. The molecule has 0 aliphatic carbocycles. The highest BCUT2D eigenvalue weighted by Crippen LogP contribution is 2.30. The Morgan fingerprint density at radius 1 is 1.06 bits per heavy atom. The minimum atomic E-state index is -0.514. The fraction of sp³-hybridized carbons (Fsp3) is 0.192. The number of nitrogens with zero attached hydrogens (tertiary/aromatic N) is 3. The summed E-state index contributed by atoms with van der Waals surface area (Å²) in [5.74, 6) is 0.573. The summed E-state index contributed by atoms with van der Waals surface area (Å²) in [5, 5.41) is 10.4. The van der Waals surface area contributed by atoms with Crippen LogP contribution in [0.3, 0.4) is 0 Å². The smallest absolute Gasteiger partial charge is 0.213 e. The lowest BCUT2D eigenvalue weighted by Gasteiger charge is -2.16. The highest BCUT2D eigenvalue weighted by atomic mass is 16.5. The van der Waals surface area contributed by atoms with E-state index in [9.17, 15) is 5.26 Å². The van der Waals surface area contributed by atoms with E-state index >= 15 is 0 Å². The van der Waals surface area contributed by atoms with Crippen LogP contribution in [-0.4, -0.2) is 17.1 Å². The third-order valence-electron chi connectivity index (χ3n) is 5.58. The van der Waals surface area contributed by atoms with Gasteiger partial charge in [-0.25, -0.2) is 4.98 Å². The van der Waals surface area contributed by atoms with Crippen LogP contribution < -0.4 is 10.5 Å². The lowest BCUT2D eigenvalue weighted by Crippen LogP contribution is -2.13. The van der Waals surface area contributed by atoms with Crippen molar-refractivity contribution >= 4 is 16.6 Å². The zero-order valence-electron chi connectivity index (χ0n) is 17.9. The summed E-state index contributed by atoms with van der Waals surface area (Å²) in [7, 11) is 1.61. The van der Waals surface area contributed by atoms with Crippen molar-refractivity contribution in [3.63, 3.8) is 0 Å². The molecule has 0 aliphatic rings. The summed E-state index contributed by atoms with van der Waals surface area (Å²) in [5.41, 5.74) is 12.3. The van der Waals surface area contributed by atoms with Gasteiger partial charge in [0.15, 0.2) is 0 Å². The Kier molecular flexibility index (Phi) is 5.31. The molecule has 0 saturated heterocycles. The topological polar surface area (TPSA) is 84.8 Å². The third-order valence-corrected chi connectivity index (χ3v) is 5.58. The number of anilines is 1. The molecule has 4 aromatic rings. The molecule has 0 atom stereocenters. The lowest BCUT2D eigenvalue weighted by molar-refractivity contribution is 0.398. The molecule has 0 radical (unpaired) electrons. The SMILES string of the molecule is COc1cccc(-c2ccc3ncc(N)c(Cc4ccc(C(C)(C)C#N)cc4)c3c2)n1. The van der Waals surface area contributed by atoms with Gasteiger partial charge in [-0.2, -0.15) is 5.26 Å². The van der Waals surface area contributed by atoms with Crippen molar-refractivity contribution in [1.82, 2.24) is 9.97 Å². The van der Waals surface area contributed by atoms with Gasteiger partial charge < -0.3 is 10.5 Å². The Morgan fingerprint density at radius 2 is 1.84 bits per heavy atom. The van der Waals surface area contributed by atoms with E-state index in [1.165, 1.54) is 0 Å². The Bertz CT molecular complexity index is 1290. The average molecular weight is 409 g/mol. The van der Waals surface area contributed by atoms with Crippen LogP contribution >= 0.6 is 0 Å². The van der Waals surface area contributed by atoms with Gasteiger partial charge >= 0.3 is 0 Å². The predicted octanol–water partition coefficient (Wildman–Crippen LogP) is 5.28. The normalized spacial score (nSPS) is 11.3. The van der Waals surface area contributed by atoms with Crippen LogP contribution in [0.2, 0.25) is 0 Å². The Balaban J connectivity index is 1.75. The highest BCUT2D eigenvalue weighted by molar-refractivity contribution is 5.90. The molecule has 4 rings (SSSR count). The van der Waals surface area contributed by atoms with Gasteiger partial charge in [0.1, 0.15) is 0 Å². The van der Waals surface area contributed by atoms with E-state index in [4.69, 9.17) is 10.5 Å². The molecule has 2 N–H and O–H groups in total. The number of nitriles is 1. The number of hydrogen-bond acceptors (Lipinski definition) is 5. The first-order valence-electron chi connectivity index (χ1n) is 10.1. The van der Waals surface area contributed by atoms with Gasteiger partial charge in [-0.3, -0.25) is 4.98 Å². The van der Waals surface area contributed by atoms with Crippen molar-refractivity contribution in [2.24, 2.45) is 0 Å². The lowest BCUT2D eigenvalue weighted by atomic mass is 9.85. The van der Waals surface area contributed by atoms with Gasteiger partial charge in [0.2, 0.25) is 5.88 Å². The maximum Gasteiger partial charge on any atom is 0.213 e. The maximum atomic E-state index is 9.37. The fourth-order valence-electron chi connectivity index (χ4n) is 3.62. The second kappa shape index (κ2) is 8.08. The number of pyridine rings is 2. The van der Waals surface area contributed by atoms with Crippen LogP contribution in [0.5, 0.6) is 5.88 Å². The molecule has 31 heavy (non-hydrogen) atoms. The predicted molar refractivity (Wildman–Crippen MR) is 124 cm³/mol. The van der Waals surface area contributed by atoms with Crippen LogP contribution in [0.15, 0.2) is 66.9 Å². The molecule has 154 valence electrons. The number of aromatic nitrogens is 2. The molecular weight excluding hydrogens is 384 g/mol. The van der Waals surface area contributed by atoms with Crippen molar-refractivity contribution in [2.75, 3.05) is 12.8 Å². The molecule has 2 aromatic heterocycles. The minimum Gasteiger partial charge on any atom is -0.481 e. The molecule has 0 amide bonds. The van der Waals surface area contributed by atoms with E-state index in [0.29, 0.717) is 18.0 Å². The summed E-state index contributed by atoms with van der Waals surface area (Å²) >= 11 is 0. The van der Waals surface area contributed by atoms with Gasteiger partial charge in [-0.1, -0.05) is 36.4 Å². The van der Waals surface area contributed by atoms with Gasteiger partial charge in [0, 0.05) is 23.4 Å². The van der Waals surface area contributed by atoms with E-state index < -0.39 is 5.41 Å². The van der Waals surface area contributed by atoms with E-state index in [1.54, 1.807) is 13.3 Å². The standard InChI is InChI=1S/C26H24N4O/c1-26(2,16-27)19-10-7-17(8-11-19)13-20-21-14-18(9-12-24(21)29-15-22(20)28)23-5-4-6-25(30-23)31-3/h4-12,14-15H,13,28H2,1-3H3. The molecule has 0 saturated carbocycles. The number of rotatable bonds is 5. The summed E-state index contributed by atoms with van der Waals surface area (Å²) in [4.78, 5) is 9.05. The summed E-state index contributed by atoms with van der Waals surface area (Å²) in [6.45, 7) is 3.84. The first-order valence-corrected chi connectivity index (χ1v) is 10.1. The Morgan fingerprint density at radius 3 is 2.55 bits per heavy atom. The fourth-order valence-corrected chi connectivity index (χ4v) is 3.62. The molecule has 5 nitrogen and oxygen atoms in total. The summed E-state index contributed by atoms with van der Waals surface area (Å²) in [6, 6.07) is 22.3. The first kappa shape index (κ1) is 20.4. The van der Waals surface area contributed by atoms with Crippen molar-refractivity contribution in [3.05, 3.63) is 83.6 Å². The minimum absolute atomic E-state index is 0.514. The van der Waals surface area contributed by atoms with E-state index in [0.717, 1.165) is 38.9 Å². The van der Waals surface area contributed by atoms with Crippen molar-refractivity contribution in [1.29, 1.82) is 5.26 Å². The monoisotopic (exact) mass is 408 g/mol. The average Bonchev–Trinajstić information content (AvgIpc) is 2.81. The van der Waals surface area contributed by atoms with Gasteiger partial charge in [-0.05, 0) is 48.7 Å². The molecule has 2 heterocycles. The molecule has 2 aromatic carbocycles. The van der Waals surface area contributed by atoms with Crippen LogP contribution in [0.4, 0.5) is 5.69 Å². The molecule has 0 unspecified atom stereocenters. The van der Waals surface area contributed by atoms with Gasteiger partial charge in [0.05, 0.1) is 41.7 Å². The summed E-state index contributed by atoms with van der Waals surface area (Å²) < 4.78 is 5.26. The molecule has 5 heteroatoms. The maximum absolute atomic E-state index is 9.37. The summed E-state index contributed by atoms with van der Waals surface area (Å²) in [6.07, 6.45) is 2.39. The largest absolute Gasteiger partial charge is 0.481 e. The second-order valence-electron chi connectivity index (χ2n) is 8.10. The van der Waals surface area contributed by atoms with Gasteiger partial charge in [-0.15, -0.1) is 0 Å². The number of benzene rings is 2. The molecule has 0 fully saturated rings. The third kappa shape index (κ3) is 4.06. The second-order valence-corrected chi connectivity index (χ2v) is 8.10. The van der Waals surface area contributed by atoms with Gasteiger partial charge in [0.25, 0.3) is 0 Å².